The third-order valence-electron chi connectivity index (χ3n) is 3.28. The van der Waals surface area contributed by atoms with E-state index >= 15 is 0 Å². The highest BCUT2D eigenvalue weighted by Gasteiger charge is 2.32. The van der Waals surface area contributed by atoms with Gasteiger partial charge in [-0.2, -0.15) is 0 Å². The smallest absolute Gasteiger partial charge is 0.240 e. The normalized spacial score (nSPS) is 24.0. The first kappa shape index (κ1) is 13.0. The fraction of sp³-hybridized carbons (Fsp3) is 0.417. The predicted molar refractivity (Wildman–Crippen MR) is 69.8 cm³/mol. The molecular formula is C12H17N3O2S. The van der Waals surface area contributed by atoms with Gasteiger partial charge in [0.25, 0.3) is 0 Å². The quantitative estimate of drug-likeness (QED) is 0.562. The SMILES string of the molecule is N=C(N)C1CCCC1NS(=O)(=O)c1ccccc1. The van der Waals surface area contributed by atoms with Gasteiger partial charge in [-0.15, -0.1) is 0 Å². The lowest BCUT2D eigenvalue weighted by atomic mass is 10.0. The van der Waals surface area contributed by atoms with E-state index in [4.69, 9.17) is 11.1 Å². The Morgan fingerprint density at radius 3 is 2.56 bits per heavy atom. The van der Waals surface area contributed by atoms with Crippen molar-refractivity contribution in [3.8, 4) is 0 Å². The molecule has 0 radical (unpaired) electrons. The highest BCUT2D eigenvalue weighted by molar-refractivity contribution is 7.89. The second-order valence-corrected chi connectivity index (χ2v) is 6.25. The van der Waals surface area contributed by atoms with Crippen LogP contribution in [0.15, 0.2) is 35.2 Å². The molecule has 2 rings (SSSR count). The van der Waals surface area contributed by atoms with Crippen LogP contribution in [0.2, 0.25) is 0 Å². The molecule has 2 atom stereocenters. The number of nitrogens with one attached hydrogen (secondary N) is 2. The number of benzene rings is 1. The number of hydrogen-bond donors (Lipinski definition) is 3. The number of rotatable bonds is 4. The first-order chi connectivity index (χ1) is 8.50. The van der Waals surface area contributed by atoms with Gasteiger partial charge in [-0.1, -0.05) is 24.6 Å². The molecule has 18 heavy (non-hydrogen) atoms. The molecule has 1 aromatic carbocycles. The molecule has 1 fully saturated rings. The second kappa shape index (κ2) is 5.07. The molecule has 1 aliphatic carbocycles. The zero-order valence-corrected chi connectivity index (χ0v) is 10.8. The lowest BCUT2D eigenvalue weighted by molar-refractivity contribution is 0.521. The van der Waals surface area contributed by atoms with E-state index in [2.05, 4.69) is 4.72 Å². The van der Waals surface area contributed by atoms with E-state index in [0.29, 0.717) is 0 Å². The Kier molecular flexibility index (Phi) is 3.68. The van der Waals surface area contributed by atoms with Crippen LogP contribution in [0.3, 0.4) is 0 Å². The average Bonchev–Trinajstić information content (AvgIpc) is 2.78. The van der Waals surface area contributed by atoms with Crippen LogP contribution >= 0.6 is 0 Å². The fourth-order valence-corrected chi connectivity index (χ4v) is 3.67. The molecule has 6 heteroatoms. The third-order valence-corrected chi connectivity index (χ3v) is 4.78. The van der Waals surface area contributed by atoms with Gasteiger partial charge >= 0.3 is 0 Å². The third kappa shape index (κ3) is 2.70. The molecule has 0 aliphatic heterocycles. The van der Waals surface area contributed by atoms with Gasteiger partial charge in [0.1, 0.15) is 0 Å². The van der Waals surface area contributed by atoms with E-state index < -0.39 is 10.0 Å². The molecular weight excluding hydrogens is 250 g/mol. The van der Waals surface area contributed by atoms with Gasteiger partial charge in [-0.05, 0) is 25.0 Å². The van der Waals surface area contributed by atoms with E-state index in [1.54, 1.807) is 30.3 Å². The first-order valence-electron chi connectivity index (χ1n) is 5.92. The van der Waals surface area contributed by atoms with Crippen molar-refractivity contribution < 1.29 is 8.42 Å². The summed E-state index contributed by atoms with van der Waals surface area (Å²) in [7, 11) is -3.51. The summed E-state index contributed by atoms with van der Waals surface area (Å²) in [5, 5.41) is 7.48. The van der Waals surface area contributed by atoms with Crippen LogP contribution in [0, 0.1) is 11.3 Å². The van der Waals surface area contributed by atoms with Crippen molar-refractivity contribution >= 4 is 15.9 Å². The zero-order chi connectivity index (χ0) is 13.2. The van der Waals surface area contributed by atoms with Gasteiger partial charge in [0.05, 0.1) is 10.7 Å². The Balaban J connectivity index is 2.16. The topological polar surface area (TPSA) is 96.0 Å². The molecule has 1 aromatic rings. The van der Waals surface area contributed by atoms with Gasteiger partial charge < -0.3 is 5.73 Å². The molecule has 5 nitrogen and oxygen atoms in total. The summed E-state index contributed by atoms with van der Waals surface area (Å²) < 4.78 is 26.9. The maximum absolute atomic E-state index is 12.1. The molecule has 0 saturated heterocycles. The summed E-state index contributed by atoms with van der Waals surface area (Å²) >= 11 is 0. The number of hydrogen-bond acceptors (Lipinski definition) is 3. The van der Waals surface area contributed by atoms with E-state index in [1.807, 2.05) is 0 Å². The fourth-order valence-electron chi connectivity index (χ4n) is 2.34. The molecule has 0 aromatic heterocycles. The summed E-state index contributed by atoms with van der Waals surface area (Å²) in [4.78, 5) is 0.249. The first-order valence-corrected chi connectivity index (χ1v) is 7.40. The van der Waals surface area contributed by atoms with Crippen molar-refractivity contribution in [3.63, 3.8) is 0 Å². The minimum Gasteiger partial charge on any atom is -0.387 e. The van der Waals surface area contributed by atoms with Gasteiger partial charge in [0.15, 0.2) is 0 Å². The molecule has 2 unspecified atom stereocenters. The van der Waals surface area contributed by atoms with Crippen molar-refractivity contribution in [1.29, 1.82) is 5.41 Å². The van der Waals surface area contributed by atoms with Crippen LogP contribution in [-0.4, -0.2) is 20.3 Å². The van der Waals surface area contributed by atoms with Crippen LogP contribution in [0.5, 0.6) is 0 Å². The molecule has 98 valence electrons. The lowest BCUT2D eigenvalue weighted by Crippen LogP contribution is -2.41. The number of nitrogens with two attached hydrogens (primary N) is 1. The minimum absolute atomic E-state index is 0.0632. The van der Waals surface area contributed by atoms with Crippen LogP contribution in [-0.2, 0) is 10.0 Å². The monoisotopic (exact) mass is 267 g/mol. The van der Waals surface area contributed by atoms with Gasteiger partial charge in [0.2, 0.25) is 10.0 Å². The average molecular weight is 267 g/mol. The Hall–Kier alpha value is -1.40. The molecule has 4 N–H and O–H groups in total. The lowest BCUT2D eigenvalue weighted by Gasteiger charge is -2.19. The minimum atomic E-state index is -3.51. The van der Waals surface area contributed by atoms with Crippen LogP contribution in [0.1, 0.15) is 19.3 Å². The maximum Gasteiger partial charge on any atom is 0.240 e. The van der Waals surface area contributed by atoms with Crippen molar-refractivity contribution in [2.45, 2.75) is 30.2 Å². The largest absolute Gasteiger partial charge is 0.387 e. The summed E-state index contributed by atoms with van der Waals surface area (Å²) in [6, 6.07) is 8.00. The van der Waals surface area contributed by atoms with E-state index in [-0.39, 0.29) is 22.7 Å². The predicted octanol–water partition coefficient (Wildman–Crippen LogP) is 1.07. The molecule has 0 heterocycles. The second-order valence-electron chi connectivity index (χ2n) is 4.53. The molecule has 1 aliphatic rings. The summed E-state index contributed by atoms with van der Waals surface area (Å²) in [5.74, 6) is -0.114. The van der Waals surface area contributed by atoms with Gasteiger partial charge in [-0.25, -0.2) is 13.1 Å². The van der Waals surface area contributed by atoms with E-state index in [9.17, 15) is 8.42 Å². The zero-order valence-electron chi connectivity index (χ0n) is 9.96. The van der Waals surface area contributed by atoms with Crippen LogP contribution in [0.4, 0.5) is 0 Å². The van der Waals surface area contributed by atoms with Crippen LogP contribution < -0.4 is 10.5 Å². The standard InChI is InChI=1S/C12H17N3O2S/c13-12(14)10-7-4-8-11(10)15-18(16,17)9-5-2-1-3-6-9/h1-3,5-6,10-11,15H,4,7-8H2,(H3,13,14). The van der Waals surface area contributed by atoms with E-state index in [1.165, 1.54) is 0 Å². The molecule has 0 bridgehead atoms. The van der Waals surface area contributed by atoms with Crippen LogP contribution in [0.25, 0.3) is 0 Å². The Morgan fingerprint density at radius 2 is 1.94 bits per heavy atom. The summed E-state index contributed by atoms with van der Waals surface area (Å²) in [6.45, 7) is 0. The summed E-state index contributed by atoms with van der Waals surface area (Å²) in [5.41, 5.74) is 5.49. The van der Waals surface area contributed by atoms with Gasteiger partial charge in [0, 0.05) is 12.0 Å². The van der Waals surface area contributed by atoms with Crippen molar-refractivity contribution in [2.75, 3.05) is 0 Å². The number of sulfonamides is 1. The highest BCUT2D eigenvalue weighted by Crippen LogP contribution is 2.26. The van der Waals surface area contributed by atoms with Crippen molar-refractivity contribution in [2.24, 2.45) is 11.7 Å². The van der Waals surface area contributed by atoms with E-state index in [0.717, 1.165) is 19.3 Å². The van der Waals surface area contributed by atoms with Crippen molar-refractivity contribution in [3.05, 3.63) is 30.3 Å². The Morgan fingerprint density at radius 1 is 1.28 bits per heavy atom. The Labute approximate surface area is 107 Å². The Bertz CT molecular complexity index is 528. The van der Waals surface area contributed by atoms with Gasteiger partial charge in [-0.3, -0.25) is 5.41 Å². The molecule has 0 amide bonds. The highest BCUT2D eigenvalue weighted by atomic mass is 32.2. The molecule has 0 spiro atoms. The number of amidine groups is 1. The summed E-state index contributed by atoms with van der Waals surface area (Å²) in [6.07, 6.45) is 2.40. The van der Waals surface area contributed by atoms with Crippen molar-refractivity contribution in [1.82, 2.24) is 4.72 Å². The molecule has 1 saturated carbocycles. The maximum atomic E-state index is 12.1.